The maximum absolute atomic E-state index is 13.1. The maximum atomic E-state index is 13.1. The van der Waals surface area contributed by atoms with Gasteiger partial charge in [0.25, 0.3) is 5.56 Å². The van der Waals surface area contributed by atoms with Gasteiger partial charge in [-0.2, -0.15) is 0 Å². The molecule has 0 bridgehead atoms. The standard InChI is InChI=1S/C20H17N5O/c26-20-18(16-5-1-2-8-21-16)19(24-11-3-4-12-25(20)24)14-6-7-15-17(13-14)23-10-9-22-15/h1-2,5-10,13H,3-4,11-12H2. The quantitative estimate of drug-likeness (QED) is 0.561. The fraction of sp³-hybridized carbons (Fsp3) is 0.200. The second kappa shape index (κ2) is 5.91. The Kier molecular flexibility index (Phi) is 3.41. The average Bonchev–Trinajstić information content (AvgIpc) is 3.01. The second-order valence-electron chi connectivity index (χ2n) is 6.46. The van der Waals surface area contributed by atoms with E-state index in [0.29, 0.717) is 11.3 Å². The van der Waals surface area contributed by atoms with Crippen molar-refractivity contribution in [2.75, 3.05) is 0 Å². The summed E-state index contributed by atoms with van der Waals surface area (Å²) in [4.78, 5) is 26.4. The lowest BCUT2D eigenvalue weighted by molar-refractivity contribution is 0.359. The molecule has 0 amide bonds. The van der Waals surface area contributed by atoms with Crippen LogP contribution in [0.4, 0.5) is 0 Å². The molecule has 0 atom stereocenters. The van der Waals surface area contributed by atoms with Gasteiger partial charge in [-0.05, 0) is 37.1 Å². The molecule has 1 aliphatic heterocycles. The number of nitrogens with zero attached hydrogens (tertiary/aromatic N) is 5. The number of fused-ring (bicyclic) bond motifs is 2. The highest BCUT2D eigenvalue weighted by Gasteiger charge is 2.25. The molecule has 0 unspecified atom stereocenters. The van der Waals surface area contributed by atoms with Gasteiger partial charge in [0.15, 0.2) is 0 Å². The van der Waals surface area contributed by atoms with Crippen LogP contribution in [-0.4, -0.2) is 24.3 Å². The van der Waals surface area contributed by atoms with E-state index < -0.39 is 0 Å². The van der Waals surface area contributed by atoms with Crippen LogP contribution < -0.4 is 5.56 Å². The molecule has 1 aromatic carbocycles. The largest absolute Gasteiger partial charge is 0.281 e. The van der Waals surface area contributed by atoms with E-state index in [1.807, 2.05) is 41.1 Å². The summed E-state index contributed by atoms with van der Waals surface area (Å²) in [6.07, 6.45) is 7.19. The van der Waals surface area contributed by atoms with Gasteiger partial charge in [-0.1, -0.05) is 12.1 Å². The minimum Gasteiger partial charge on any atom is -0.281 e. The molecule has 5 rings (SSSR count). The Bertz CT molecular complexity index is 1160. The van der Waals surface area contributed by atoms with Crippen molar-refractivity contribution in [1.29, 1.82) is 0 Å². The fourth-order valence-corrected chi connectivity index (χ4v) is 3.71. The zero-order chi connectivity index (χ0) is 17.5. The summed E-state index contributed by atoms with van der Waals surface area (Å²) in [5.41, 5.74) is 4.95. The lowest BCUT2D eigenvalue weighted by atomic mass is 10.0. The van der Waals surface area contributed by atoms with Gasteiger partial charge < -0.3 is 0 Å². The van der Waals surface area contributed by atoms with E-state index in [4.69, 9.17) is 0 Å². The fourth-order valence-electron chi connectivity index (χ4n) is 3.71. The van der Waals surface area contributed by atoms with E-state index in [0.717, 1.165) is 48.2 Å². The van der Waals surface area contributed by atoms with Crippen LogP contribution in [0.3, 0.4) is 0 Å². The molecular weight excluding hydrogens is 326 g/mol. The van der Waals surface area contributed by atoms with Crippen LogP contribution in [0.1, 0.15) is 12.8 Å². The molecule has 0 saturated heterocycles. The van der Waals surface area contributed by atoms with Crippen molar-refractivity contribution >= 4 is 11.0 Å². The highest BCUT2D eigenvalue weighted by molar-refractivity contribution is 5.85. The van der Waals surface area contributed by atoms with Crippen LogP contribution in [0.25, 0.3) is 33.5 Å². The molecule has 128 valence electrons. The van der Waals surface area contributed by atoms with Gasteiger partial charge in [0.1, 0.15) is 0 Å². The van der Waals surface area contributed by atoms with Crippen molar-refractivity contribution in [2.45, 2.75) is 25.9 Å². The maximum Gasteiger partial charge on any atom is 0.276 e. The van der Waals surface area contributed by atoms with Crippen molar-refractivity contribution in [3.05, 3.63) is 65.3 Å². The second-order valence-corrected chi connectivity index (χ2v) is 6.46. The Morgan fingerprint density at radius 1 is 0.808 bits per heavy atom. The van der Waals surface area contributed by atoms with E-state index in [9.17, 15) is 4.79 Å². The van der Waals surface area contributed by atoms with E-state index >= 15 is 0 Å². The first-order valence-electron chi connectivity index (χ1n) is 8.79. The highest BCUT2D eigenvalue weighted by Crippen LogP contribution is 2.32. The third kappa shape index (κ3) is 2.26. The van der Waals surface area contributed by atoms with Crippen LogP contribution in [0.15, 0.2) is 59.8 Å². The third-order valence-corrected chi connectivity index (χ3v) is 4.89. The Morgan fingerprint density at radius 3 is 2.42 bits per heavy atom. The van der Waals surface area contributed by atoms with Crippen molar-refractivity contribution < 1.29 is 0 Å². The van der Waals surface area contributed by atoms with Crippen molar-refractivity contribution in [2.24, 2.45) is 0 Å². The number of benzene rings is 1. The lowest BCUT2D eigenvalue weighted by Gasteiger charge is -2.19. The van der Waals surface area contributed by atoms with Gasteiger partial charge >= 0.3 is 0 Å². The molecule has 0 spiro atoms. The first-order valence-corrected chi connectivity index (χ1v) is 8.79. The summed E-state index contributed by atoms with van der Waals surface area (Å²) in [7, 11) is 0. The zero-order valence-electron chi connectivity index (χ0n) is 14.2. The predicted octanol–water partition coefficient (Wildman–Crippen LogP) is 3.12. The van der Waals surface area contributed by atoms with E-state index in [-0.39, 0.29) is 5.56 Å². The zero-order valence-corrected chi connectivity index (χ0v) is 14.2. The molecule has 6 nitrogen and oxygen atoms in total. The Labute approximate surface area is 149 Å². The first kappa shape index (κ1) is 15.0. The molecule has 0 fully saturated rings. The van der Waals surface area contributed by atoms with Gasteiger partial charge in [0.05, 0.1) is 28.0 Å². The molecular formula is C20H17N5O. The van der Waals surface area contributed by atoms with Gasteiger partial charge in [-0.15, -0.1) is 0 Å². The minimum atomic E-state index is 0.0256. The average molecular weight is 343 g/mol. The molecule has 0 saturated carbocycles. The monoisotopic (exact) mass is 343 g/mol. The first-order chi connectivity index (χ1) is 12.8. The van der Waals surface area contributed by atoms with Crippen LogP contribution in [0.2, 0.25) is 0 Å². The van der Waals surface area contributed by atoms with E-state index in [1.54, 1.807) is 18.6 Å². The number of pyridine rings is 1. The van der Waals surface area contributed by atoms with Crippen LogP contribution in [-0.2, 0) is 13.1 Å². The Morgan fingerprint density at radius 2 is 1.62 bits per heavy atom. The molecule has 0 N–H and O–H groups in total. The molecule has 4 aromatic rings. The molecule has 6 heteroatoms. The van der Waals surface area contributed by atoms with Crippen molar-refractivity contribution in [3.63, 3.8) is 0 Å². The summed E-state index contributed by atoms with van der Waals surface area (Å²) < 4.78 is 3.96. The molecule has 0 aliphatic carbocycles. The summed E-state index contributed by atoms with van der Waals surface area (Å²) >= 11 is 0. The normalized spacial score (nSPS) is 13.7. The van der Waals surface area contributed by atoms with E-state index in [1.165, 1.54) is 0 Å². The topological polar surface area (TPSA) is 65.6 Å². The highest BCUT2D eigenvalue weighted by atomic mass is 16.1. The smallest absolute Gasteiger partial charge is 0.276 e. The van der Waals surface area contributed by atoms with Crippen molar-refractivity contribution in [1.82, 2.24) is 24.3 Å². The molecule has 3 aromatic heterocycles. The summed E-state index contributed by atoms with van der Waals surface area (Å²) in [6.45, 7) is 1.57. The van der Waals surface area contributed by atoms with Gasteiger partial charge in [-0.25, -0.2) is 4.68 Å². The number of rotatable bonds is 2. The summed E-state index contributed by atoms with van der Waals surface area (Å²) in [5.74, 6) is 0. The predicted molar refractivity (Wildman–Crippen MR) is 99.7 cm³/mol. The van der Waals surface area contributed by atoms with Crippen molar-refractivity contribution in [3.8, 4) is 22.5 Å². The van der Waals surface area contributed by atoms with Crippen LogP contribution in [0.5, 0.6) is 0 Å². The third-order valence-electron chi connectivity index (χ3n) is 4.89. The van der Waals surface area contributed by atoms with Gasteiger partial charge in [0, 0.05) is 37.2 Å². The number of aromatic nitrogens is 5. The van der Waals surface area contributed by atoms with Gasteiger partial charge in [0.2, 0.25) is 0 Å². The van der Waals surface area contributed by atoms with Crippen LogP contribution in [0, 0.1) is 0 Å². The van der Waals surface area contributed by atoms with Gasteiger partial charge in [-0.3, -0.25) is 24.4 Å². The molecule has 26 heavy (non-hydrogen) atoms. The number of hydrogen-bond acceptors (Lipinski definition) is 4. The Hall–Kier alpha value is -3.28. The SMILES string of the molecule is O=c1c(-c2ccccn2)c(-c2ccc3nccnc3c2)n2n1CCCC2. The lowest BCUT2D eigenvalue weighted by Crippen LogP contribution is -2.27. The Balaban J connectivity index is 1.83. The molecule has 0 radical (unpaired) electrons. The number of hydrogen-bond donors (Lipinski definition) is 0. The van der Waals surface area contributed by atoms with Crippen LogP contribution >= 0.6 is 0 Å². The summed E-state index contributed by atoms with van der Waals surface area (Å²) in [6, 6.07) is 11.7. The minimum absolute atomic E-state index is 0.0256. The van der Waals surface area contributed by atoms with E-state index in [2.05, 4.69) is 19.6 Å². The summed E-state index contributed by atoms with van der Waals surface area (Å²) in [5, 5.41) is 0. The molecule has 4 heterocycles. The molecule has 1 aliphatic rings.